The van der Waals surface area contributed by atoms with Gasteiger partial charge in [-0.15, -0.1) is 0 Å². The summed E-state index contributed by atoms with van der Waals surface area (Å²) in [7, 11) is 0. The van der Waals surface area contributed by atoms with Crippen LogP contribution >= 0.6 is 0 Å². The number of aryl methyl sites for hydroxylation is 3. The van der Waals surface area contributed by atoms with E-state index < -0.39 is 0 Å². The second-order valence-corrected chi connectivity index (χ2v) is 5.08. The summed E-state index contributed by atoms with van der Waals surface area (Å²) in [5.41, 5.74) is 2.02. The van der Waals surface area contributed by atoms with E-state index in [2.05, 4.69) is 41.3 Å². The first-order valence-electron chi connectivity index (χ1n) is 6.81. The fourth-order valence-electron chi connectivity index (χ4n) is 2.64. The van der Waals surface area contributed by atoms with Gasteiger partial charge in [0, 0.05) is 18.3 Å². The minimum Gasteiger partial charge on any atom is -0.323 e. The lowest BCUT2D eigenvalue weighted by Crippen LogP contribution is -2.10. The fourth-order valence-corrected chi connectivity index (χ4v) is 2.64. The first-order valence-corrected chi connectivity index (χ1v) is 6.81. The zero-order chi connectivity index (χ0) is 13.5. The van der Waals surface area contributed by atoms with Crippen molar-refractivity contribution in [3.05, 3.63) is 23.8 Å². The van der Waals surface area contributed by atoms with Crippen LogP contribution in [0.1, 0.15) is 24.4 Å². The number of nitrogens with one attached hydrogen (secondary N) is 2. The van der Waals surface area contributed by atoms with Crippen LogP contribution in [0.15, 0.2) is 12.3 Å². The van der Waals surface area contributed by atoms with E-state index in [1.54, 1.807) is 6.20 Å². The number of hydrogen-bond acceptors (Lipinski definition) is 5. The van der Waals surface area contributed by atoms with Gasteiger partial charge in [0.2, 0.25) is 0 Å². The average Bonchev–Trinajstić information content (AvgIpc) is 3.03. The average molecular weight is 269 g/mol. The van der Waals surface area contributed by atoms with Crippen LogP contribution in [0.3, 0.4) is 0 Å². The first-order chi connectivity index (χ1) is 9.79. The third-order valence-electron chi connectivity index (χ3n) is 3.58. The highest BCUT2D eigenvalue weighted by atomic mass is 15.3. The Morgan fingerprint density at radius 2 is 2.25 bits per heavy atom. The second kappa shape index (κ2) is 4.29. The predicted octanol–water partition coefficient (Wildman–Crippen LogP) is 1.94. The monoisotopic (exact) mass is 269 g/mol. The SMILES string of the molecule is Cc1nc(Nc2cc3n(n2)CCCC3)c2cn[nH]c2n1. The van der Waals surface area contributed by atoms with E-state index in [4.69, 9.17) is 0 Å². The van der Waals surface area contributed by atoms with Crippen molar-refractivity contribution in [1.82, 2.24) is 29.9 Å². The summed E-state index contributed by atoms with van der Waals surface area (Å²) in [5.74, 6) is 2.28. The van der Waals surface area contributed by atoms with Gasteiger partial charge in [-0.1, -0.05) is 0 Å². The van der Waals surface area contributed by atoms with Crippen LogP contribution < -0.4 is 5.32 Å². The standard InChI is InChI=1S/C13H15N7/c1-8-15-12(10-7-14-18-13(10)16-8)17-11-6-9-4-2-3-5-20(9)19-11/h6-7H,2-5H2,1H3,(H2,14,15,16,17,18,19). The summed E-state index contributed by atoms with van der Waals surface area (Å²) in [6.45, 7) is 2.87. The highest BCUT2D eigenvalue weighted by molar-refractivity contribution is 5.87. The van der Waals surface area contributed by atoms with Crippen molar-refractivity contribution in [2.45, 2.75) is 32.7 Å². The molecule has 0 fully saturated rings. The molecule has 102 valence electrons. The van der Waals surface area contributed by atoms with Crippen LogP contribution in [-0.2, 0) is 13.0 Å². The molecule has 0 aliphatic carbocycles. The lowest BCUT2D eigenvalue weighted by atomic mass is 10.1. The zero-order valence-corrected chi connectivity index (χ0v) is 11.2. The van der Waals surface area contributed by atoms with Crippen LogP contribution in [0.4, 0.5) is 11.6 Å². The number of aromatic amines is 1. The van der Waals surface area contributed by atoms with E-state index in [0.29, 0.717) is 5.82 Å². The molecule has 0 aromatic carbocycles. The summed E-state index contributed by atoms with van der Waals surface area (Å²) >= 11 is 0. The molecular weight excluding hydrogens is 254 g/mol. The van der Waals surface area contributed by atoms with Crippen LogP contribution in [0.25, 0.3) is 11.0 Å². The van der Waals surface area contributed by atoms with E-state index >= 15 is 0 Å². The maximum atomic E-state index is 4.58. The number of nitrogens with zero attached hydrogens (tertiary/aromatic N) is 5. The van der Waals surface area contributed by atoms with Gasteiger partial charge in [0.05, 0.1) is 11.6 Å². The van der Waals surface area contributed by atoms with Gasteiger partial charge in [0.1, 0.15) is 11.6 Å². The van der Waals surface area contributed by atoms with E-state index in [1.807, 2.05) is 6.92 Å². The third kappa shape index (κ3) is 1.82. The van der Waals surface area contributed by atoms with Crippen molar-refractivity contribution in [3.8, 4) is 0 Å². The van der Waals surface area contributed by atoms with E-state index in [9.17, 15) is 0 Å². The summed E-state index contributed by atoms with van der Waals surface area (Å²) in [4.78, 5) is 8.75. The first kappa shape index (κ1) is 11.4. The number of H-pyrrole nitrogens is 1. The molecule has 0 spiro atoms. The molecule has 7 heteroatoms. The lowest BCUT2D eigenvalue weighted by Gasteiger charge is -2.11. The quantitative estimate of drug-likeness (QED) is 0.742. The molecule has 1 aliphatic rings. The molecule has 0 saturated carbocycles. The van der Waals surface area contributed by atoms with Crippen LogP contribution in [-0.4, -0.2) is 29.9 Å². The Kier molecular flexibility index (Phi) is 2.45. The molecule has 7 nitrogen and oxygen atoms in total. The van der Waals surface area contributed by atoms with Crippen LogP contribution in [0.5, 0.6) is 0 Å². The van der Waals surface area contributed by atoms with Gasteiger partial charge >= 0.3 is 0 Å². The van der Waals surface area contributed by atoms with E-state index in [1.165, 1.54) is 18.5 Å². The Morgan fingerprint density at radius 3 is 3.15 bits per heavy atom. The van der Waals surface area contributed by atoms with Gasteiger partial charge in [-0.05, 0) is 26.2 Å². The maximum absolute atomic E-state index is 4.58. The number of fused-ring (bicyclic) bond motifs is 2. The fraction of sp³-hybridized carbons (Fsp3) is 0.385. The Labute approximate surface area is 115 Å². The van der Waals surface area contributed by atoms with Crippen molar-refractivity contribution in [2.75, 3.05) is 5.32 Å². The highest BCUT2D eigenvalue weighted by Gasteiger charge is 2.14. The number of rotatable bonds is 2. The van der Waals surface area contributed by atoms with Gasteiger partial charge in [-0.3, -0.25) is 9.78 Å². The molecule has 0 radical (unpaired) electrons. The second-order valence-electron chi connectivity index (χ2n) is 5.08. The number of aromatic nitrogens is 6. The molecule has 0 amide bonds. The maximum Gasteiger partial charge on any atom is 0.161 e. The van der Waals surface area contributed by atoms with Gasteiger partial charge in [0.15, 0.2) is 11.5 Å². The van der Waals surface area contributed by atoms with E-state index in [0.717, 1.165) is 35.6 Å². The van der Waals surface area contributed by atoms with Crippen molar-refractivity contribution in [2.24, 2.45) is 0 Å². The van der Waals surface area contributed by atoms with Gasteiger partial charge in [-0.25, -0.2) is 9.97 Å². The summed E-state index contributed by atoms with van der Waals surface area (Å²) in [6, 6.07) is 2.10. The molecule has 2 N–H and O–H groups in total. The molecule has 3 aromatic heterocycles. The molecule has 0 unspecified atom stereocenters. The molecule has 20 heavy (non-hydrogen) atoms. The summed E-state index contributed by atoms with van der Waals surface area (Å²) in [5, 5.41) is 15.6. The minimum absolute atomic E-state index is 0.702. The van der Waals surface area contributed by atoms with Gasteiger partial charge in [0.25, 0.3) is 0 Å². The normalized spacial score (nSPS) is 14.4. The van der Waals surface area contributed by atoms with Gasteiger partial charge < -0.3 is 5.32 Å². The lowest BCUT2D eigenvalue weighted by molar-refractivity contribution is 0.487. The molecule has 0 saturated heterocycles. The zero-order valence-electron chi connectivity index (χ0n) is 11.2. The Morgan fingerprint density at radius 1 is 1.30 bits per heavy atom. The highest BCUT2D eigenvalue weighted by Crippen LogP contribution is 2.24. The molecule has 4 heterocycles. The molecular formula is C13H15N7. The third-order valence-corrected chi connectivity index (χ3v) is 3.58. The molecule has 0 bridgehead atoms. The Bertz CT molecular complexity index is 747. The largest absolute Gasteiger partial charge is 0.323 e. The van der Waals surface area contributed by atoms with Crippen molar-refractivity contribution < 1.29 is 0 Å². The Hall–Kier alpha value is -2.44. The smallest absolute Gasteiger partial charge is 0.161 e. The number of anilines is 2. The Balaban J connectivity index is 1.73. The summed E-state index contributed by atoms with van der Waals surface area (Å²) in [6.07, 6.45) is 5.27. The van der Waals surface area contributed by atoms with Gasteiger partial charge in [-0.2, -0.15) is 10.2 Å². The van der Waals surface area contributed by atoms with Crippen LogP contribution in [0.2, 0.25) is 0 Å². The van der Waals surface area contributed by atoms with Crippen molar-refractivity contribution in [3.63, 3.8) is 0 Å². The molecule has 0 atom stereocenters. The minimum atomic E-state index is 0.702. The molecule has 3 aromatic rings. The summed E-state index contributed by atoms with van der Waals surface area (Å²) < 4.78 is 2.08. The predicted molar refractivity (Wildman–Crippen MR) is 74.9 cm³/mol. The van der Waals surface area contributed by atoms with Crippen molar-refractivity contribution >= 4 is 22.7 Å². The van der Waals surface area contributed by atoms with Crippen LogP contribution in [0, 0.1) is 6.92 Å². The molecule has 1 aliphatic heterocycles. The number of hydrogen-bond donors (Lipinski definition) is 2. The molecule has 4 rings (SSSR count). The van der Waals surface area contributed by atoms with Crippen molar-refractivity contribution in [1.29, 1.82) is 0 Å². The van der Waals surface area contributed by atoms with E-state index in [-0.39, 0.29) is 0 Å². The topological polar surface area (TPSA) is 84.3 Å².